The summed E-state index contributed by atoms with van der Waals surface area (Å²) in [4.78, 5) is 30.1. The maximum atomic E-state index is 12.6. The third-order valence-corrected chi connectivity index (χ3v) is 4.21. The first kappa shape index (κ1) is 18.6. The van der Waals surface area contributed by atoms with Crippen molar-refractivity contribution >= 4 is 29.2 Å². The van der Waals surface area contributed by atoms with Gasteiger partial charge in [0.25, 0.3) is 5.91 Å². The lowest BCUT2D eigenvalue weighted by molar-refractivity contribution is 0.0734. The second-order valence-electron chi connectivity index (χ2n) is 5.98. The Hall–Kier alpha value is -3.18. The summed E-state index contributed by atoms with van der Waals surface area (Å²) in [5.74, 6) is -0.282. The van der Waals surface area contributed by atoms with E-state index in [-0.39, 0.29) is 11.1 Å². The smallest absolute Gasteiger partial charge is 0.343 e. The lowest BCUT2D eigenvalue weighted by Crippen LogP contribution is -2.26. The number of nitrogens with zero attached hydrogens (tertiary/aromatic N) is 2. The van der Waals surface area contributed by atoms with Gasteiger partial charge in [-0.3, -0.25) is 4.79 Å². The molecule has 0 aliphatic carbocycles. The first-order valence-electron chi connectivity index (χ1n) is 8.22. The molecule has 0 atom stereocenters. The monoisotopic (exact) mass is 380 g/mol. The number of hydrogen-bond donors (Lipinski definition) is 0. The molecule has 0 bridgehead atoms. The highest BCUT2D eigenvalue weighted by Gasteiger charge is 2.14. The average Bonchev–Trinajstić information content (AvgIpc) is 2.68. The van der Waals surface area contributed by atoms with Gasteiger partial charge in [0.05, 0.1) is 5.56 Å². The molecule has 6 heteroatoms. The first-order chi connectivity index (χ1) is 12.9. The van der Waals surface area contributed by atoms with Gasteiger partial charge in [-0.25, -0.2) is 9.78 Å². The summed E-state index contributed by atoms with van der Waals surface area (Å²) in [7, 11) is 1.70. The summed E-state index contributed by atoms with van der Waals surface area (Å²) in [5, 5.41) is 0.219. The highest BCUT2D eigenvalue weighted by atomic mass is 35.5. The number of hydrogen-bond acceptors (Lipinski definition) is 4. The molecule has 0 saturated carbocycles. The van der Waals surface area contributed by atoms with Gasteiger partial charge in [0.1, 0.15) is 10.9 Å². The van der Waals surface area contributed by atoms with Crippen LogP contribution < -0.4 is 9.64 Å². The van der Waals surface area contributed by atoms with Crippen LogP contribution in [0.1, 0.15) is 26.3 Å². The number of anilines is 1. The van der Waals surface area contributed by atoms with Crippen LogP contribution >= 0.6 is 11.6 Å². The first-order valence-corrected chi connectivity index (χ1v) is 8.60. The zero-order valence-electron chi connectivity index (χ0n) is 14.8. The number of pyridine rings is 1. The zero-order chi connectivity index (χ0) is 19.4. The Morgan fingerprint density at radius 2 is 1.63 bits per heavy atom. The van der Waals surface area contributed by atoms with Crippen molar-refractivity contribution in [1.82, 2.24) is 4.98 Å². The fourth-order valence-electron chi connectivity index (χ4n) is 2.44. The number of esters is 1. The molecule has 27 heavy (non-hydrogen) atoms. The number of ether oxygens (including phenoxy) is 1. The Kier molecular flexibility index (Phi) is 5.52. The Labute approximate surface area is 162 Å². The van der Waals surface area contributed by atoms with E-state index in [9.17, 15) is 9.59 Å². The van der Waals surface area contributed by atoms with Crippen LogP contribution in [0.5, 0.6) is 5.75 Å². The van der Waals surface area contributed by atoms with E-state index in [1.165, 1.54) is 18.3 Å². The number of carbonyl (C=O) groups is 2. The summed E-state index contributed by atoms with van der Waals surface area (Å²) >= 11 is 5.78. The van der Waals surface area contributed by atoms with Gasteiger partial charge in [-0.05, 0) is 55.5 Å². The van der Waals surface area contributed by atoms with E-state index < -0.39 is 5.97 Å². The molecule has 1 amide bonds. The van der Waals surface area contributed by atoms with Gasteiger partial charge in [-0.15, -0.1) is 0 Å². The number of rotatable bonds is 4. The molecular formula is C21H17ClN2O3. The van der Waals surface area contributed by atoms with E-state index in [0.717, 1.165) is 5.56 Å². The van der Waals surface area contributed by atoms with Crippen molar-refractivity contribution in [3.05, 3.63) is 88.7 Å². The molecular weight excluding hydrogens is 364 g/mol. The van der Waals surface area contributed by atoms with Crippen LogP contribution in [-0.2, 0) is 0 Å². The molecule has 0 unspecified atom stereocenters. The fourth-order valence-corrected chi connectivity index (χ4v) is 2.61. The molecule has 1 aromatic heterocycles. The van der Waals surface area contributed by atoms with Crippen LogP contribution in [0.2, 0.25) is 5.15 Å². The molecule has 0 aliphatic heterocycles. The van der Waals surface area contributed by atoms with Crippen LogP contribution in [0.3, 0.4) is 0 Å². The van der Waals surface area contributed by atoms with Crippen molar-refractivity contribution in [1.29, 1.82) is 0 Å². The SMILES string of the molecule is Cc1ccc(C(=O)N(C)c2ccc(OC(=O)c3ccnc(Cl)c3)cc2)cc1. The number of amides is 1. The molecule has 2 aromatic carbocycles. The van der Waals surface area contributed by atoms with Crippen molar-refractivity contribution in [2.24, 2.45) is 0 Å². The predicted octanol–water partition coefficient (Wildman–Crippen LogP) is 4.54. The largest absolute Gasteiger partial charge is 0.423 e. The van der Waals surface area contributed by atoms with Crippen LogP contribution in [0.25, 0.3) is 0 Å². The quantitative estimate of drug-likeness (QED) is 0.379. The molecule has 1 heterocycles. The second-order valence-corrected chi connectivity index (χ2v) is 6.37. The Morgan fingerprint density at radius 3 is 2.26 bits per heavy atom. The Morgan fingerprint density at radius 1 is 0.963 bits per heavy atom. The van der Waals surface area contributed by atoms with Crippen molar-refractivity contribution in [2.75, 3.05) is 11.9 Å². The number of carbonyl (C=O) groups excluding carboxylic acids is 2. The molecule has 0 radical (unpaired) electrons. The Bertz CT molecular complexity index is 969. The van der Waals surface area contributed by atoms with E-state index in [0.29, 0.717) is 22.6 Å². The maximum absolute atomic E-state index is 12.6. The third-order valence-electron chi connectivity index (χ3n) is 4.00. The van der Waals surface area contributed by atoms with E-state index >= 15 is 0 Å². The summed E-state index contributed by atoms with van der Waals surface area (Å²) in [6.45, 7) is 1.97. The van der Waals surface area contributed by atoms with Gasteiger partial charge in [0, 0.05) is 24.5 Å². The number of aryl methyl sites for hydroxylation is 1. The summed E-state index contributed by atoms with van der Waals surface area (Å²) < 4.78 is 5.32. The highest BCUT2D eigenvalue weighted by molar-refractivity contribution is 6.29. The Balaban J connectivity index is 1.70. The molecule has 5 nitrogen and oxygen atoms in total. The predicted molar refractivity (Wildman–Crippen MR) is 105 cm³/mol. The van der Waals surface area contributed by atoms with E-state index in [2.05, 4.69) is 4.98 Å². The van der Waals surface area contributed by atoms with Crippen molar-refractivity contribution in [3.8, 4) is 5.75 Å². The van der Waals surface area contributed by atoms with Crippen LogP contribution in [0.15, 0.2) is 66.9 Å². The van der Waals surface area contributed by atoms with Gasteiger partial charge in [-0.2, -0.15) is 0 Å². The van der Waals surface area contributed by atoms with Gasteiger partial charge in [-0.1, -0.05) is 29.3 Å². The van der Waals surface area contributed by atoms with Crippen LogP contribution in [0, 0.1) is 6.92 Å². The minimum Gasteiger partial charge on any atom is -0.423 e. The molecule has 3 rings (SSSR count). The van der Waals surface area contributed by atoms with E-state index in [4.69, 9.17) is 16.3 Å². The van der Waals surface area contributed by atoms with Crippen molar-refractivity contribution in [2.45, 2.75) is 6.92 Å². The topological polar surface area (TPSA) is 59.5 Å². The number of halogens is 1. The molecule has 0 saturated heterocycles. The van der Waals surface area contributed by atoms with Gasteiger partial charge < -0.3 is 9.64 Å². The fraction of sp³-hybridized carbons (Fsp3) is 0.0952. The van der Waals surface area contributed by atoms with E-state index in [1.807, 2.05) is 19.1 Å². The van der Waals surface area contributed by atoms with E-state index in [1.54, 1.807) is 48.3 Å². The molecule has 0 fully saturated rings. The normalized spacial score (nSPS) is 10.3. The summed E-state index contributed by atoms with van der Waals surface area (Å²) in [5.41, 5.74) is 2.70. The third kappa shape index (κ3) is 4.51. The molecule has 136 valence electrons. The minimum atomic E-state index is -0.531. The molecule has 3 aromatic rings. The number of benzene rings is 2. The standard InChI is InChI=1S/C21H17ClN2O3/c1-14-3-5-15(6-4-14)20(25)24(2)17-7-9-18(10-8-17)27-21(26)16-11-12-23-19(22)13-16/h3-13H,1-2H3. The molecule has 0 spiro atoms. The van der Waals surface area contributed by atoms with Gasteiger partial charge in [0.15, 0.2) is 0 Å². The second kappa shape index (κ2) is 8.01. The average molecular weight is 381 g/mol. The summed E-state index contributed by atoms with van der Waals surface area (Å²) in [6.07, 6.45) is 1.44. The number of aromatic nitrogens is 1. The zero-order valence-corrected chi connectivity index (χ0v) is 15.6. The van der Waals surface area contributed by atoms with Gasteiger partial charge in [0.2, 0.25) is 0 Å². The maximum Gasteiger partial charge on any atom is 0.343 e. The highest BCUT2D eigenvalue weighted by Crippen LogP contribution is 2.21. The lowest BCUT2D eigenvalue weighted by Gasteiger charge is -2.18. The van der Waals surface area contributed by atoms with Crippen LogP contribution in [-0.4, -0.2) is 23.9 Å². The molecule has 0 aliphatic rings. The van der Waals surface area contributed by atoms with Crippen molar-refractivity contribution in [3.63, 3.8) is 0 Å². The minimum absolute atomic E-state index is 0.119. The van der Waals surface area contributed by atoms with Crippen molar-refractivity contribution < 1.29 is 14.3 Å². The van der Waals surface area contributed by atoms with Gasteiger partial charge >= 0.3 is 5.97 Å². The summed E-state index contributed by atoms with van der Waals surface area (Å²) in [6, 6.07) is 17.0. The van der Waals surface area contributed by atoms with Crippen LogP contribution in [0.4, 0.5) is 5.69 Å². The molecule has 0 N–H and O–H groups in total. The lowest BCUT2D eigenvalue weighted by atomic mass is 10.1.